The van der Waals surface area contributed by atoms with Gasteiger partial charge in [-0.05, 0) is 75.7 Å². The smallest absolute Gasteiger partial charge is 0.251 e. The zero-order valence-electron chi connectivity index (χ0n) is 21.7. The first-order chi connectivity index (χ1) is 18.3. The number of methoxy groups -OCH3 is 1. The van der Waals surface area contributed by atoms with E-state index in [1.807, 2.05) is 30.3 Å². The van der Waals surface area contributed by atoms with Crippen LogP contribution in [0.1, 0.15) is 23.2 Å². The third-order valence-corrected chi connectivity index (χ3v) is 8.09. The minimum atomic E-state index is -2.52. The predicted octanol–water partition coefficient (Wildman–Crippen LogP) is 4.18. The zero-order valence-corrected chi connectivity index (χ0v) is 22.6. The fourth-order valence-corrected chi connectivity index (χ4v) is 5.72. The molecule has 5 rings (SSSR count). The summed E-state index contributed by atoms with van der Waals surface area (Å²) in [6, 6.07) is 14.8. The van der Waals surface area contributed by atoms with Crippen LogP contribution < -0.4 is 31.3 Å². The molecule has 11 heteroatoms. The summed E-state index contributed by atoms with van der Waals surface area (Å²) in [5.74, 6) is 1.27. The molecule has 10 nitrogen and oxygen atoms in total. The largest absolute Gasteiger partial charge is 0.495 e. The van der Waals surface area contributed by atoms with Gasteiger partial charge in [0.15, 0.2) is 0 Å². The lowest BCUT2D eigenvalue weighted by molar-refractivity contribution is 0.0929. The Morgan fingerprint density at radius 2 is 1.82 bits per heavy atom. The highest BCUT2D eigenvalue weighted by molar-refractivity contribution is 7.70. The van der Waals surface area contributed by atoms with Crippen molar-refractivity contribution in [3.05, 3.63) is 60.3 Å². The van der Waals surface area contributed by atoms with Crippen molar-refractivity contribution in [2.24, 2.45) is 0 Å². The fraction of sp³-hybridized carbons (Fsp3) is 0.296. The van der Waals surface area contributed by atoms with Crippen LogP contribution in [0, 0.1) is 0 Å². The van der Waals surface area contributed by atoms with Crippen LogP contribution in [0.25, 0.3) is 11.0 Å². The van der Waals surface area contributed by atoms with Gasteiger partial charge in [-0.2, -0.15) is 9.97 Å². The summed E-state index contributed by atoms with van der Waals surface area (Å²) in [7, 11) is -0.965. The van der Waals surface area contributed by atoms with Crippen LogP contribution in [0.5, 0.6) is 5.75 Å². The first-order valence-electron chi connectivity index (χ1n) is 12.5. The van der Waals surface area contributed by atoms with Gasteiger partial charge in [-0.3, -0.25) is 4.79 Å². The third-order valence-electron chi connectivity index (χ3n) is 6.54. The Morgan fingerprint density at radius 3 is 2.58 bits per heavy atom. The van der Waals surface area contributed by atoms with Crippen LogP contribution in [0.2, 0.25) is 0 Å². The lowest BCUT2D eigenvalue weighted by atomic mass is 10.1. The molecule has 1 fully saturated rings. The summed E-state index contributed by atoms with van der Waals surface area (Å²) in [6.07, 6.45) is 3.62. The second-order valence-corrected chi connectivity index (χ2v) is 12.9. The number of amides is 1. The van der Waals surface area contributed by atoms with Crippen molar-refractivity contribution in [2.75, 3.05) is 44.2 Å². The van der Waals surface area contributed by atoms with Gasteiger partial charge in [-0.1, -0.05) is 12.1 Å². The minimum absolute atomic E-state index is 0.125. The number of hydrogen-bond acceptors (Lipinski definition) is 8. The minimum Gasteiger partial charge on any atom is -0.495 e. The van der Waals surface area contributed by atoms with Crippen LogP contribution in [0.4, 0.5) is 23.1 Å². The molecule has 4 aromatic rings. The highest BCUT2D eigenvalue weighted by atomic mass is 31.2. The molecular weight excluding hydrogens is 501 g/mol. The number of aromatic nitrogens is 3. The number of nitrogens with zero attached hydrogens (tertiary/aromatic N) is 2. The molecule has 0 unspecified atom stereocenters. The van der Waals surface area contributed by atoms with Gasteiger partial charge in [0.05, 0.1) is 23.9 Å². The summed E-state index contributed by atoms with van der Waals surface area (Å²) in [5, 5.41) is 14.5. The molecule has 3 heterocycles. The summed E-state index contributed by atoms with van der Waals surface area (Å²) in [5.41, 5.74) is 2.51. The van der Waals surface area contributed by atoms with E-state index >= 15 is 0 Å². The SMILES string of the molecule is COc1cc(C(=O)NC2CCNCC2)ccc1Nc1nc(Nc2ccccc2P(C)(C)=O)c2cc[nH]c2n1. The predicted molar refractivity (Wildman–Crippen MR) is 152 cm³/mol. The van der Waals surface area contributed by atoms with Crippen molar-refractivity contribution >= 4 is 52.5 Å². The number of benzene rings is 2. The molecular formula is C27H32N7O3P. The number of fused-ring (bicyclic) bond motifs is 1. The number of hydrogen-bond donors (Lipinski definition) is 5. The van der Waals surface area contributed by atoms with Gasteiger partial charge in [0.25, 0.3) is 5.91 Å². The third kappa shape index (κ3) is 5.66. The second-order valence-electron chi connectivity index (χ2n) is 9.67. The normalized spacial score (nSPS) is 14.3. The summed E-state index contributed by atoms with van der Waals surface area (Å²) in [6.45, 7) is 5.30. The number of carbonyl (C=O) groups is 1. The van der Waals surface area contributed by atoms with Crippen LogP contribution in [0.3, 0.4) is 0 Å². The van der Waals surface area contributed by atoms with E-state index in [0.29, 0.717) is 34.4 Å². The number of aromatic amines is 1. The number of ether oxygens (including phenoxy) is 1. The van der Waals surface area contributed by atoms with E-state index in [4.69, 9.17) is 9.72 Å². The fourth-order valence-electron chi connectivity index (χ4n) is 4.56. The summed E-state index contributed by atoms with van der Waals surface area (Å²) < 4.78 is 18.5. The van der Waals surface area contributed by atoms with Gasteiger partial charge in [0.2, 0.25) is 5.95 Å². The maximum absolute atomic E-state index is 12.9. The van der Waals surface area contributed by atoms with Gasteiger partial charge < -0.3 is 35.6 Å². The number of piperidine rings is 1. The van der Waals surface area contributed by atoms with Gasteiger partial charge in [0.1, 0.15) is 24.4 Å². The molecule has 0 spiro atoms. The number of nitrogens with one attached hydrogen (secondary N) is 5. The molecule has 2 aromatic heterocycles. The summed E-state index contributed by atoms with van der Waals surface area (Å²) in [4.78, 5) is 25.3. The van der Waals surface area contributed by atoms with E-state index in [1.54, 1.807) is 44.8 Å². The van der Waals surface area contributed by atoms with Crippen molar-refractivity contribution in [3.8, 4) is 5.75 Å². The quantitative estimate of drug-likeness (QED) is 0.213. The number of H-pyrrole nitrogens is 1. The van der Waals surface area contributed by atoms with Crippen LogP contribution in [-0.4, -0.2) is 60.4 Å². The Bertz CT molecular complexity index is 1510. The number of anilines is 4. The van der Waals surface area contributed by atoms with Gasteiger partial charge in [-0.15, -0.1) is 0 Å². The average Bonchev–Trinajstić information content (AvgIpc) is 3.38. The molecule has 0 aliphatic carbocycles. The van der Waals surface area contributed by atoms with Crippen molar-refractivity contribution in [2.45, 2.75) is 18.9 Å². The van der Waals surface area contributed by atoms with E-state index in [9.17, 15) is 9.36 Å². The zero-order chi connectivity index (χ0) is 26.7. The first kappa shape index (κ1) is 25.8. The van der Waals surface area contributed by atoms with Crippen molar-refractivity contribution in [3.63, 3.8) is 0 Å². The highest BCUT2D eigenvalue weighted by Gasteiger charge is 2.20. The molecule has 0 saturated carbocycles. The van der Waals surface area contributed by atoms with Crippen LogP contribution in [0.15, 0.2) is 54.7 Å². The Balaban J connectivity index is 1.41. The highest BCUT2D eigenvalue weighted by Crippen LogP contribution is 2.39. The van der Waals surface area contributed by atoms with E-state index < -0.39 is 7.14 Å². The number of carbonyl (C=O) groups excluding carboxylic acids is 1. The van der Waals surface area contributed by atoms with Crippen LogP contribution >= 0.6 is 7.14 Å². The average molecular weight is 534 g/mol. The first-order valence-corrected chi connectivity index (χ1v) is 15.2. The molecule has 198 valence electrons. The Hall–Kier alpha value is -3.88. The monoisotopic (exact) mass is 533 g/mol. The van der Waals surface area contributed by atoms with Gasteiger partial charge >= 0.3 is 0 Å². The van der Waals surface area contributed by atoms with Gasteiger partial charge in [0, 0.05) is 23.1 Å². The lowest BCUT2D eigenvalue weighted by Crippen LogP contribution is -2.42. The van der Waals surface area contributed by atoms with E-state index in [0.717, 1.165) is 42.3 Å². The molecule has 1 saturated heterocycles. The molecule has 2 aromatic carbocycles. The van der Waals surface area contributed by atoms with E-state index in [2.05, 4.69) is 31.2 Å². The van der Waals surface area contributed by atoms with E-state index in [-0.39, 0.29) is 11.9 Å². The Kier molecular flexibility index (Phi) is 7.35. The Labute approximate surface area is 221 Å². The Morgan fingerprint density at radius 1 is 1.03 bits per heavy atom. The standard InChI is InChI=1S/C27H32N7O3P/c1-37-22-16-17(26(35)30-18-10-13-28-14-11-18)8-9-20(22)32-27-33-24-19(12-15-29-24)25(34-27)31-21-6-4-5-7-23(21)38(2,3)36/h4-9,12,15-16,18,28H,10-11,13-14H2,1-3H3,(H,30,35)(H3,29,31,32,33,34). The molecule has 0 atom stereocenters. The molecule has 1 aliphatic rings. The molecule has 0 bridgehead atoms. The maximum Gasteiger partial charge on any atom is 0.251 e. The molecule has 5 N–H and O–H groups in total. The molecule has 0 radical (unpaired) electrons. The van der Waals surface area contributed by atoms with Crippen LogP contribution in [-0.2, 0) is 4.57 Å². The molecule has 1 amide bonds. The van der Waals surface area contributed by atoms with Crippen molar-refractivity contribution < 1.29 is 14.1 Å². The van der Waals surface area contributed by atoms with Gasteiger partial charge in [-0.25, -0.2) is 0 Å². The summed E-state index contributed by atoms with van der Waals surface area (Å²) >= 11 is 0. The molecule has 1 aliphatic heterocycles. The van der Waals surface area contributed by atoms with Crippen molar-refractivity contribution in [1.82, 2.24) is 25.6 Å². The number of para-hydroxylation sites is 1. The van der Waals surface area contributed by atoms with Crippen molar-refractivity contribution in [1.29, 1.82) is 0 Å². The maximum atomic E-state index is 12.9. The molecule has 38 heavy (non-hydrogen) atoms. The number of rotatable bonds is 8. The lowest BCUT2D eigenvalue weighted by Gasteiger charge is -2.23. The second kappa shape index (κ2) is 10.8. The topological polar surface area (TPSA) is 133 Å². The van der Waals surface area contributed by atoms with E-state index in [1.165, 1.54) is 0 Å².